The maximum atomic E-state index is 13.1. The molecule has 0 radical (unpaired) electrons. The molecule has 0 aromatic heterocycles. The number of hydrogen-bond acceptors (Lipinski definition) is 4. The second kappa shape index (κ2) is 9.49. The number of anilines is 1. The van der Waals surface area contributed by atoms with Crippen LogP contribution in [-0.4, -0.2) is 40.7 Å². The monoisotopic (exact) mass is 390 g/mol. The highest BCUT2D eigenvalue weighted by atomic mass is 32.2. The number of benzene rings is 1. The summed E-state index contributed by atoms with van der Waals surface area (Å²) in [4.78, 5) is 27.5. The molecule has 5 nitrogen and oxygen atoms in total. The predicted octanol–water partition coefficient (Wildman–Crippen LogP) is 4.80. The summed E-state index contributed by atoms with van der Waals surface area (Å²) in [6, 6.07) is 7.05. The van der Waals surface area contributed by atoms with Gasteiger partial charge in [-0.05, 0) is 44.2 Å². The van der Waals surface area contributed by atoms with E-state index in [2.05, 4.69) is 5.32 Å². The molecule has 1 aliphatic heterocycles. The summed E-state index contributed by atoms with van der Waals surface area (Å²) in [5, 5.41) is 3.04. The van der Waals surface area contributed by atoms with Crippen LogP contribution in [0.1, 0.15) is 51.0 Å². The standard InChI is InChI=1S/C21H30N2O3S/c1-3-13-26-20(24)18-14-27-19(16-7-5-4-6-8-16)23(18)21(25)22-17-11-9-15(2)10-12-17/h9-12,16,18-19H,3-8,13-14H2,1-2H3,(H,22,25). The van der Waals surface area contributed by atoms with Gasteiger partial charge in [0.05, 0.1) is 12.0 Å². The van der Waals surface area contributed by atoms with E-state index in [9.17, 15) is 9.59 Å². The largest absolute Gasteiger partial charge is 0.464 e. The first kappa shape index (κ1) is 20.1. The van der Waals surface area contributed by atoms with Gasteiger partial charge >= 0.3 is 12.0 Å². The maximum Gasteiger partial charge on any atom is 0.329 e. The molecule has 1 aliphatic carbocycles. The van der Waals surface area contributed by atoms with Gasteiger partial charge in [0.1, 0.15) is 6.04 Å². The third-order valence-corrected chi connectivity index (χ3v) is 6.81. The molecule has 0 bridgehead atoms. The number of carbonyl (C=O) groups is 2. The lowest BCUT2D eigenvalue weighted by Crippen LogP contribution is -2.50. The number of urea groups is 1. The summed E-state index contributed by atoms with van der Waals surface area (Å²) in [6.45, 7) is 4.40. The minimum Gasteiger partial charge on any atom is -0.464 e. The Kier molecular flexibility index (Phi) is 7.05. The van der Waals surface area contributed by atoms with Crippen LogP contribution >= 0.6 is 11.8 Å². The summed E-state index contributed by atoms with van der Waals surface area (Å²) >= 11 is 1.73. The molecule has 1 saturated heterocycles. The van der Waals surface area contributed by atoms with Crippen molar-refractivity contribution in [1.29, 1.82) is 0 Å². The fraction of sp³-hybridized carbons (Fsp3) is 0.619. The number of hydrogen-bond donors (Lipinski definition) is 1. The van der Waals surface area contributed by atoms with Crippen molar-refractivity contribution in [2.75, 3.05) is 17.7 Å². The highest BCUT2D eigenvalue weighted by Gasteiger charge is 2.45. The van der Waals surface area contributed by atoms with Crippen LogP contribution in [0, 0.1) is 12.8 Å². The molecule has 0 spiro atoms. The van der Waals surface area contributed by atoms with Crippen LogP contribution in [0.4, 0.5) is 10.5 Å². The summed E-state index contributed by atoms with van der Waals surface area (Å²) in [6.07, 6.45) is 6.73. The van der Waals surface area contributed by atoms with Crippen LogP contribution in [0.2, 0.25) is 0 Å². The van der Waals surface area contributed by atoms with E-state index in [1.165, 1.54) is 19.3 Å². The van der Waals surface area contributed by atoms with Crippen molar-refractivity contribution in [3.05, 3.63) is 29.8 Å². The molecular weight excluding hydrogens is 360 g/mol. The zero-order valence-electron chi connectivity index (χ0n) is 16.3. The molecule has 27 heavy (non-hydrogen) atoms. The van der Waals surface area contributed by atoms with E-state index in [4.69, 9.17) is 4.74 Å². The van der Waals surface area contributed by atoms with Crippen molar-refractivity contribution in [3.63, 3.8) is 0 Å². The first-order valence-electron chi connectivity index (χ1n) is 10.0. The second-order valence-corrected chi connectivity index (χ2v) is 8.66. The minimum atomic E-state index is -0.501. The molecule has 6 heteroatoms. The first-order chi connectivity index (χ1) is 13.1. The highest BCUT2D eigenvalue weighted by molar-refractivity contribution is 8.00. The van der Waals surface area contributed by atoms with Gasteiger partial charge in [0, 0.05) is 11.4 Å². The zero-order valence-corrected chi connectivity index (χ0v) is 17.1. The third-order valence-electron chi connectivity index (χ3n) is 5.35. The molecular formula is C21H30N2O3S. The van der Waals surface area contributed by atoms with Crippen molar-refractivity contribution >= 4 is 29.4 Å². The lowest BCUT2D eigenvalue weighted by atomic mass is 9.88. The molecule has 2 atom stereocenters. The third kappa shape index (κ3) is 4.98. The van der Waals surface area contributed by atoms with Crippen LogP contribution in [0.25, 0.3) is 0 Å². The molecule has 1 heterocycles. The Morgan fingerprint density at radius 2 is 1.89 bits per heavy atom. The van der Waals surface area contributed by atoms with E-state index in [0.717, 1.165) is 30.5 Å². The predicted molar refractivity (Wildman–Crippen MR) is 110 cm³/mol. The summed E-state index contributed by atoms with van der Waals surface area (Å²) in [5.74, 6) is 0.795. The van der Waals surface area contributed by atoms with E-state index in [1.54, 1.807) is 16.7 Å². The number of nitrogens with one attached hydrogen (secondary N) is 1. The normalized spacial score (nSPS) is 23.3. The number of amides is 2. The molecule has 2 aliphatic rings. The van der Waals surface area contributed by atoms with Gasteiger partial charge in [0.2, 0.25) is 0 Å². The molecule has 148 valence electrons. The van der Waals surface area contributed by atoms with Crippen molar-refractivity contribution in [1.82, 2.24) is 4.90 Å². The average Bonchev–Trinajstić information content (AvgIpc) is 3.14. The van der Waals surface area contributed by atoms with Crippen LogP contribution in [0.5, 0.6) is 0 Å². The van der Waals surface area contributed by atoms with Gasteiger partial charge in [0.15, 0.2) is 0 Å². The quantitative estimate of drug-likeness (QED) is 0.734. The van der Waals surface area contributed by atoms with E-state index in [0.29, 0.717) is 18.3 Å². The number of esters is 1. The topological polar surface area (TPSA) is 58.6 Å². The smallest absolute Gasteiger partial charge is 0.329 e. The number of thioether (sulfide) groups is 1. The van der Waals surface area contributed by atoms with Crippen LogP contribution < -0.4 is 5.32 Å². The van der Waals surface area contributed by atoms with Crippen molar-refractivity contribution in [2.24, 2.45) is 5.92 Å². The van der Waals surface area contributed by atoms with Crippen molar-refractivity contribution in [3.8, 4) is 0 Å². The van der Waals surface area contributed by atoms with Gasteiger partial charge in [0.25, 0.3) is 0 Å². The van der Waals surface area contributed by atoms with Crippen LogP contribution in [-0.2, 0) is 9.53 Å². The molecule has 2 unspecified atom stereocenters. The van der Waals surface area contributed by atoms with Gasteiger partial charge in [-0.1, -0.05) is 43.9 Å². The average molecular weight is 391 g/mol. The van der Waals surface area contributed by atoms with Gasteiger partial charge < -0.3 is 10.1 Å². The Morgan fingerprint density at radius 3 is 2.56 bits per heavy atom. The lowest BCUT2D eigenvalue weighted by Gasteiger charge is -2.35. The van der Waals surface area contributed by atoms with E-state index < -0.39 is 6.04 Å². The fourth-order valence-electron chi connectivity index (χ4n) is 3.87. The summed E-state index contributed by atoms with van der Waals surface area (Å²) in [7, 11) is 0. The Balaban J connectivity index is 1.76. The Morgan fingerprint density at radius 1 is 1.19 bits per heavy atom. The number of nitrogens with zero attached hydrogens (tertiary/aromatic N) is 1. The second-order valence-electron chi connectivity index (χ2n) is 7.51. The fourth-order valence-corrected chi connectivity index (χ4v) is 5.50. The van der Waals surface area contributed by atoms with E-state index >= 15 is 0 Å². The van der Waals surface area contributed by atoms with Gasteiger partial charge in [-0.25, -0.2) is 9.59 Å². The molecule has 1 saturated carbocycles. The van der Waals surface area contributed by atoms with Crippen molar-refractivity contribution in [2.45, 2.75) is 63.8 Å². The number of carbonyl (C=O) groups excluding carboxylic acids is 2. The Bertz CT molecular complexity index is 643. The molecule has 1 N–H and O–H groups in total. The maximum absolute atomic E-state index is 13.1. The Hall–Kier alpha value is -1.69. The highest BCUT2D eigenvalue weighted by Crippen LogP contribution is 2.41. The number of aryl methyl sites for hydroxylation is 1. The SMILES string of the molecule is CCCOC(=O)C1CSC(C2CCCCC2)N1C(=O)Nc1ccc(C)cc1. The molecule has 3 rings (SSSR count). The molecule has 1 aromatic rings. The van der Waals surface area contributed by atoms with E-state index in [1.807, 2.05) is 38.1 Å². The lowest BCUT2D eigenvalue weighted by molar-refractivity contribution is -0.148. The van der Waals surface area contributed by atoms with Gasteiger partial charge in [-0.2, -0.15) is 0 Å². The summed E-state index contributed by atoms with van der Waals surface area (Å²) in [5.41, 5.74) is 1.90. The molecule has 2 fully saturated rings. The van der Waals surface area contributed by atoms with Gasteiger partial charge in [-0.3, -0.25) is 4.90 Å². The minimum absolute atomic E-state index is 0.0509. The van der Waals surface area contributed by atoms with Crippen LogP contribution in [0.3, 0.4) is 0 Å². The molecule has 2 amide bonds. The first-order valence-corrected chi connectivity index (χ1v) is 11.1. The Labute approximate surface area is 166 Å². The summed E-state index contributed by atoms with van der Waals surface area (Å²) < 4.78 is 5.38. The van der Waals surface area contributed by atoms with Crippen LogP contribution in [0.15, 0.2) is 24.3 Å². The van der Waals surface area contributed by atoms with E-state index in [-0.39, 0.29) is 17.4 Å². The number of rotatable bonds is 5. The van der Waals surface area contributed by atoms with Crippen molar-refractivity contribution < 1.29 is 14.3 Å². The zero-order chi connectivity index (χ0) is 19.2. The molecule has 1 aromatic carbocycles. The number of ether oxygens (including phenoxy) is 1. The van der Waals surface area contributed by atoms with Gasteiger partial charge in [-0.15, -0.1) is 11.8 Å².